The predicted molar refractivity (Wildman–Crippen MR) is 248 cm³/mol. The van der Waals surface area contributed by atoms with Gasteiger partial charge in [-0.15, -0.1) is 0 Å². The fourth-order valence-corrected chi connectivity index (χ4v) is 19.5. The van der Waals surface area contributed by atoms with Crippen LogP contribution in [0.4, 0.5) is 0 Å². The molecule has 0 amide bonds. The first kappa shape index (κ1) is 36.7. The third kappa shape index (κ3) is 5.03. The number of hydrogen-bond donors (Lipinski definition) is 1. The molecular weight excluding hydrogens is 934 g/mol. The maximum Gasteiger partial charge on any atom is 0.118 e. The minimum atomic E-state index is 0.154. The van der Waals surface area contributed by atoms with Crippen LogP contribution in [0.25, 0.3) is 0 Å². The van der Waals surface area contributed by atoms with Gasteiger partial charge in [0.1, 0.15) is 5.75 Å². The molecule has 14 saturated carbocycles. The predicted octanol–water partition coefficient (Wildman–Crippen LogP) is 12.6. The average molecular weight is 993 g/mol. The number of ether oxygens (including phenoxy) is 1. The summed E-state index contributed by atoms with van der Waals surface area (Å²) in [6, 6.07) is 37.4. The second kappa shape index (κ2) is 12.8. The van der Waals surface area contributed by atoms with Crippen LogP contribution in [-0.4, -0.2) is 12.2 Å². The van der Waals surface area contributed by atoms with Gasteiger partial charge in [-0.25, -0.2) is 0 Å². The van der Waals surface area contributed by atoms with Crippen LogP contribution in [0.3, 0.4) is 0 Å². The van der Waals surface area contributed by atoms with Crippen LogP contribution in [0.2, 0.25) is 0 Å². The van der Waals surface area contributed by atoms with E-state index in [1.165, 1.54) is 84.2 Å². The van der Waals surface area contributed by atoms with Gasteiger partial charge in [0.05, 0.1) is 13.7 Å². The third-order valence-corrected chi connectivity index (χ3v) is 21.9. The zero-order valence-electron chi connectivity index (χ0n) is 34.0. The van der Waals surface area contributed by atoms with Crippen molar-refractivity contribution in [1.29, 1.82) is 0 Å². The van der Waals surface area contributed by atoms with E-state index >= 15 is 0 Å². The van der Waals surface area contributed by atoms with E-state index in [0.29, 0.717) is 21.7 Å². The topological polar surface area (TPSA) is 29.5 Å². The fourth-order valence-electron chi connectivity index (χ4n) is 18.8. The number of halogens is 2. The largest absolute Gasteiger partial charge is 0.497 e. The van der Waals surface area contributed by atoms with Gasteiger partial charge in [0.15, 0.2) is 0 Å². The summed E-state index contributed by atoms with van der Waals surface area (Å²) in [4.78, 5) is 0. The van der Waals surface area contributed by atoms with Crippen LogP contribution in [0.15, 0.2) is 97.1 Å². The lowest BCUT2D eigenvalue weighted by Crippen LogP contribution is -2.69. The maximum atomic E-state index is 9.45. The molecule has 14 aliphatic carbocycles. The van der Waals surface area contributed by atoms with Crippen molar-refractivity contribution in [2.24, 2.45) is 71.0 Å². The first-order valence-corrected chi connectivity index (χ1v) is 25.2. The second-order valence-electron chi connectivity index (χ2n) is 22.1. The molecule has 14 fully saturated rings. The molecule has 4 heteroatoms. The minimum Gasteiger partial charge on any atom is -0.497 e. The average Bonchev–Trinajstić information content (AvgIpc) is 3.27. The van der Waals surface area contributed by atoms with Crippen LogP contribution in [-0.2, 0) is 28.3 Å². The Morgan fingerprint density at radius 3 is 0.845 bits per heavy atom. The highest BCUT2D eigenvalue weighted by Crippen LogP contribution is 2.78. The molecule has 0 unspecified atom stereocenters. The standard InChI is InChI=1S/C28H32O2.C26H26I2/c1-30-20-8-6-19(7-9-20)28-13-24-21-10-27(18-4-2-17(16-29)3-5-18)11-22(24)26(15-28)23(12-27)25(21)14-28;27-17-5-1-15(2-6-17)25-9-19-22-12-26(16-3-7-18(28)8-4-16)13-23(19)21(11-25)24(14-26)20(22)10-25/h2-9,21-26,29H,10-16H2,1H3;1-8,19-24H,9-14H2. The second-order valence-corrected chi connectivity index (χ2v) is 24.6. The van der Waals surface area contributed by atoms with Crippen molar-refractivity contribution in [2.45, 2.75) is 105 Å². The normalized spacial score (nSPS) is 45.8. The quantitative estimate of drug-likeness (QED) is 0.195. The Hall–Kier alpha value is -1.90. The summed E-state index contributed by atoms with van der Waals surface area (Å²) in [5, 5.41) is 9.45. The molecule has 58 heavy (non-hydrogen) atoms. The van der Waals surface area contributed by atoms with Gasteiger partial charge in [0.25, 0.3) is 0 Å². The lowest BCUT2D eigenvalue weighted by Gasteiger charge is -2.75. The molecule has 2 nitrogen and oxygen atoms in total. The van der Waals surface area contributed by atoms with E-state index in [1.54, 1.807) is 29.4 Å². The van der Waals surface area contributed by atoms with Gasteiger partial charge in [0.2, 0.25) is 0 Å². The number of aliphatic hydroxyl groups excluding tert-OH is 1. The van der Waals surface area contributed by atoms with Crippen molar-refractivity contribution in [3.63, 3.8) is 0 Å². The van der Waals surface area contributed by atoms with Crippen molar-refractivity contribution in [3.8, 4) is 5.75 Å². The lowest BCUT2D eigenvalue weighted by molar-refractivity contribution is -0.221. The van der Waals surface area contributed by atoms with Crippen LogP contribution in [0.1, 0.15) is 105 Å². The molecule has 0 heterocycles. The summed E-state index contributed by atoms with van der Waals surface area (Å²) in [5.41, 5.74) is 9.46. The Balaban J connectivity index is 0.000000121. The summed E-state index contributed by atoms with van der Waals surface area (Å²) in [5.74, 6) is 12.8. The molecule has 18 rings (SSSR count). The molecule has 0 aliphatic heterocycles. The highest BCUT2D eigenvalue weighted by molar-refractivity contribution is 14.1. The smallest absolute Gasteiger partial charge is 0.118 e. The minimum absolute atomic E-state index is 0.154. The van der Waals surface area contributed by atoms with Gasteiger partial charge in [-0.3, -0.25) is 0 Å². The SMILES string of the molecule is COc1ccc(C23CC4C5CC6(c7ccc(CO)cc7)CC4C(C2)C(C6)C5C3)cc1.Ic1ccc(C23CC4C5CC6(c7ccc(I)cc7)CC4C(C2)C(C6)C5C3)cc1. The van der Waals surface area contributed by atoms with E-state index < -0.39 is 0 Å². The van der Waals surface area contributed by atoms with Gasteiger partial charge in [-0.1, -0.05) is 60.7 Å². The van der Waals surface area contributed by atoms with Gasteiger partial charge in [-0.05, 0) is 279 Å². The third-order valence-electron chi connectivity index (χ3n) is 20.5. The van der Waals surface area contributed by atoms with Gasteiger partial charge in [-0.2, -0.15) is 0 Å². The highest BCUT2D eigenvalue weighted by atomic mass is 127. The van der Waals surface area contributed by atoms with Gasteiger partial charge >= 0.3 is 0 Å². The molecule has 4 aromatic rings. The van der Waals surface area contributed by atoms with E-state index in [1.807, 2.05) is 0 Å². The summed E-state index contributed by atoms with van der Waals surface area (Å²) in [7, 11) is 1.76. The Bertz CT molecular complexity index is 1950. The Kier molecular flexibility index (Phi) is 8.13. The van der Waals surface area contributed by atoms with Gasteiger partial charge in [0, 0.05) is 7.14 Å². The van der Waals surface area contributed by atoms with Crippen LogP contribution < -0.4 is 4.74 Å². The fraction of sp³-hybridized carbons (Fsp3) is 0.556. The molecule has 0 radical (unpaired) electrons. The number of methoxy groups -OCH3 is 1. The summed E-state index contributed by atoms with van der Waals surface area (Å²) in [6.07, 6.45) is 17.5. The van der Waals surface area contributed by atoms with E-state index in [0.717, 1.165) is 82.3 Å². The molecule has 0 saturated heterocycles. The van der Waals surface area contributed by atoms with Crippen molar-refractivity contribution in [1.82, 2.24) is 0 Å². The maximum absolute atomic E-state index is 9.45. The molecule has 4 aromatic carbocycles. The zero-order chi connectivity index (χ0) is 38.8. The van der Waals surface area contributed by atoms with E-state index in [2.05, 4.69) is 142 Å². The van der Waals surface area contributed by atoms with E-state index in [9.17, 15) is 5.11 Å². The van der Waals surface area contributed by atoms with Crippen LogP contribution in [0, 0.1) is 78.2 Å². The first-order chi connectivity index (χ1) is 28.2. The molecule has 1 N–H and O–H groups in total. The lowest BCUT2D eigenvalue weighted by atomic mass is 9.29. The molecule has 0 aromatic heterocycles. The van der Waals surface area contributed by atoms with Crippen molar-refractivity contribution in [2.75, 3.05) is 7.11 Å². The Morgan fingerprint density at radius 1 is 0.397 bits per heavy atom. The number of hydrogen-bond acceptors (Lipinski definition) is 2. The van der Waals surface area contributed by atoms with Crippen molar-refractivity contribution >= 4 is 45.2 Å². The number of aliphatic hydroxyl groups is 1. The number of rotatable bonds is 6. The first-order valence-electron chi connectivity index (χ1n) is 23.1. The molecular formula is C54H58I2O2. The highest BCUT2D eigenvalue weighted by Gasteiger charge is 2.72. The van der Waals surface area contributed by atoms with Crippen molar-refractivity contribution < 1.29 is 9.84 Å². The molecule has 0 spiro atoms. The van der Waals surface area contributed by atoms with Crippen molar-refractivity contribution in [3.05, 3.63) is 132 Å². The monoisotopic (exact) mass is 992 g/mol. The van der Waals surface area contributed by atoms with Gasteiger partial charge < -0.3 is 9.84 Å². The van der Waals surface area contributed by atoms with Crippen LogP contribution >= 0.6 is 45.2 Å². The molecule has 0 atom stereocenters. The molecule has 300 valence electrons. The Morgan fingerprint density at radius 2 is 0.621 bits per heavy atom. The van der Waals surface area contributed by atoms with E-state index in [4.69, 9.17) is 4.74 Å². The molecule has 16 bridgehead atoms. The zero-order valence-corrected chi connectivity index (χ0v) is 38.3. The van der Waals surface area contributed by atoms with Crippen LogP contribution in [0.5, 0.6) is 5.75 Å². The Labute approximate surface area is 373 Å². The summed E-state index contributed by atoms with van der Waals surface area (Å²) >= 11 is 4.91. The van der Waals surface area contributed by atoms with E-state index in [-0.39, 0.29) is 6.61 Å². The molecule has 14 aliphatic rings. The number of benzene rings is 4. The summed E-state index contributed by atoms with van der Waals surface area (Å²) < 4.78 is 8.18. The summed E-state index contributed by atoms with van der Waals surface area (Å²) in [6.45, 7) is 0.154.